The fourth-order valence-corrected chi connectivity index (χ4v) is 4.98. The second-order valence-corrected chi connectivity index (χ2v) is 9.74. The van der Waals surface area contributed by atoms with E-state index in [4.69, 9.17) is 11.6 Å². The van der Waals surface area contributed by atoms with E-state index in [1.54, 1.807) is 10.8 Å². The van der Waals surface area contributed by atoms with Gasteiger partial charge in [0.25, 0.3) is 11.5 Å². The van der Waals surface area contributed by atoms with Crippen LogP contribution in [-0.2, 0) is 11.3 Å². The largest absolute Gasteiger partial charge is 0.281 e. The quantitative estimate of drug-likeness (QED) is 0.391. The van der Waals surface area contributed by atoms with Gasteiger partial charge in [0.2, 0.25) is 0 Å². The van der Waals surface area contributed by atoms with Crippen molar-refractivity contribution in [2.45, 2.75) is 34.2 Å². The number of hydrogen-bond acceptors (Lipinski definition) is 5. The Morgan fingerprint density at radius 1 is 1.24 bits per heavy atom. The molecule has 4 rings (SSSR count). The molecule has 0 radical (unpaired) electrons. The molecule has 3 aromatic heterocycles. The third kappa shape index (κ3) is 4.62. The van der Waals surface area contributed by atoms with Crippen molar-refractivity contribution in [3.05, 3.63) is 74.4 Å². The van der Waals surface area contributed by atoms with Crippen molar-refractivity contribution < 1.29 is 4.79 Å². The lowest BCUT2D eigenvalue weighted by Gasteiger charge is -2.07. The highest BCUT2D eigenvalue weighted by molar-refractivity contribution is 7.19. The van der Waals surface area contributed by atoms with Gasteiger partial charge in [-0.05, 0) is 31.4 Å². The van der Waals surface area contributed by atoms with Crippen molar-refractivity contribution in [3.8, 4) is 11.1 Å². The summed E-state index contributed by atoms with van der Waals surface area (Å²) in [4.78, 5) is 31.8. The van der Waals surface area contributed by atoms with Crippen molar-refractivity contribution >= 4 is 45.1 Å². The number of benzene rings is 1. The number of fused-ring (bicyclic) bond motifs is 1. The van der Waals surface area contributed by atoms with Crippen LogP contribution in [-0.4, -0.2) is 25.3 Å². The molecule has 33 heavy (non-hydrogen) atoms. The summed E-state index contributed by atoms with van der Waals surface area (Å²) in [7, 11) is 0. The first kappa shape index (κ1) is 22.9. The maximum Gasteiger partial charge on any atom is 0.281 e. The van der Waals surface area contributed by atoms with E-state index in [2.05, 4.69) is 29.4 Å². The van der Waals surface area contributed by atoms with Gasteiger partial charge in [-0.15, -0.1) is 11.3 Å². The number of carbonyl (C=O) groups is 1. The van der Waals surface area contributed by atoms with Gasteiger partial charge in [-0.2, -0.15) is 5.10 Å². The Bertz CT molecular complexity index is 1420. The SMILES string of the molecule is Cc1nn(CC(C)C)c(Cl)c1/C=C/C(=O)Nn1cnc2sc(C)c(-c3ccccc3)c2c1=O. The Kier molecular flexibility index (Phi) is 6.49. The highest BCUT2D eigenvalue weighted by Gasteiger charge is 2.17. The van der Waals surface area contributed by atoms with Crippen molar-refractivity contribution in [2.24, 2.45) is 5.92 Å². The van der Waals surface area contributed by atoms with E-state index in [1.807, 2.05) is 44.2 Å². The number of aromatic nitrogens is 4. The number of aryl methyl sites for hydroxylation is 2. The molecule has 0 aliphatic carbocycles. The van der Waals surface area contributed by atoms with Gasteiger partial charge in [-0.1, -0.05) is 55.8 Å². The van der Waals surface area contributed by atoms with E-state index < -0.39 is 5.91 Å². The highest BCUT2D eigenvalue weighted by atomic mass is 35.5. The third-order valence-corrected chi connectivity index (χ3v) is 6.54. The number of halogens is 1. The monoisotopic (exact) mass is 481 g/mol. The van der Waals surface area contributed by atoms with Crippen LogP contribution in [0, 0.1) is 19.8 Å². The maximum atomic E-state index is 13.2. The van der Waals surface area contributed by atoms with Crippen molar-refractivity contribution in [2.75, 3.05) is 5.43 Å². The van der Waals surface area contributed by atoms with Crippen molar-refractivity contribution in [1.82, 2.24) is 19.4 Å². The molecule has 1 N–H and O–H groups in total. The maximum absolute atomic E-state index is 13.2. The molecule has 0 aliphatic rings. The van der Waals surface area contributed by atoms with E-state index in [1.165, 1.54) is 23.7 Å². The molecule has 0 spiro atoms. The molecule has 7 nitrogen and oxygen atoms in total. The summed E-state index contributed by atoms with van der Waals surface area (Å²) in [6.07, 6.45) is 4.28. The molecule has 3 heterocycles. The first-order chi connectivity index (χ1) is 15.8. The Balaban J connectivity index is 1.63. The van der Waals surface area contributed by atoms with E-state index in [0.717, 1.165) is 26.4 Å². The zero-order chi connectivity index (χ0) is 23.7. The first-order valence-electron chi connectivity index (χ1n) is 10.5. The average Bonchev–Trinajstić information content (AvgIpc) is 3.24. The summed E-state index contributed by atoms with van der Waals surface area (Å²) >= 11 is 7.90. The smallest absolute Gasteiger partial charge is 0.268 e. The second-order valence-electron chi connectivity index (χ2n) is 8.17. The summed E-state index contributed by atoms with van der Waals surface area (Å²) in [6, 6.07) is 9.69. The van der Waals surface area contributed by atoms with Crippen LogP contribution in [0.25, 0.3) is 27.4 Å². The van der Waals surface area contributed by atoms with E-state index in [-0.39, 0.29) is 5.56 Å². The van der Waals surface area contributed by atoms with Gasteiger partial charge in [0.15, 0.2) is 0 Å². The van der Waals surface area contributed by atoms with Crippen LogP contribution in [0.4, 0.5) is 0 Å². The topological polar surface area (TPSA) is 81.8 Å². The number of amides is 1. The summed E-state index contributed by atoms with van der Waals surface area (Å²) < 4.78 is 2.84. The lowest BCUT2D eigenvalue weighted by molar-refractivity contribution is -0.112. The second kappa shape index (κ2) is 9.33. The molecule has 0 atom stereocenters. The van der Waals surface area contributed by atoms with Crippen LogP contribution in [0.5, 0.6) is 0 Å². The zero-order valence-electron chi connectivity index (χ0n) is 18.8. The summed E-state index contributed by atoms with van der Waals surface area (Å²) in [5.74, 6) is -0.0868. The highest BCUT2D eigenvalue weighted by Crippen LogP contribution is 2.35. The number of nitrogens with zero attached hydrogens (tertiary/aromatic N) is 4. The molecular weight excluding hydrogens is 458 g/mol. The molecule has 9 heteroatoms. The Morgan fingerprint density at radius 3 is 2.67 bits per heavy atom. The molecule has 0 aliphatic heterocycles. The van der Waals surface area contributed by atoms with Crippen molar-refractivity contribution in [1.29, 1.82) is 0 Å². The summed E-state index contributed by atoms with van der Waals surface area (Å²) in [6.45, 7) is 8.65. The van der Waals surface area contributed by atoms with Gasteiger partial charge in [-0.3, -0.25) is 19.7 Å². The molecule has 0 saturated carbocycles. The molecule has 1 aromatic carbocycles. The Morgan fingerprint density at radius 2 is 1.97 bits per heavy atom. The van der Waals surface area contributed by atoms with Gasteiger partial charge in [0.05, 0.1) is 11.1 Å². The number of thiophene rings is 1. The lowest BCUT2D eigenvalue weighted by Crippen LogP contribution is -2.32. The predicted molar refractivity (Wildman–Crippen MR) is 134 cm³/mol. The van der Waals surface area contributed by atoms with Crippen LogP contribution < -0.4 is 11.0 Å². The zero-order valence-corrected chi connectivity index (χ0v) is 20.4. The van der Waals surface area contributed by atoms with Gasteiger partial charge in [-0.25, -0.2) is 9.66 Å². The fraction of sp³-hybridized carbons (Fsp3) is 0.250. The van der Waals surface area contributed by atoms with E-state index in [0.29, 0.717) is 33.4 Å². The number of rotatable bonds is 6. The van der Waals surface area contributed by atoms with Crippen LogP contribution in [0.3, 0.4) is 0 Å². The molecular formula is C24H24ClN5O2S. The normalized spacial score (nSPS) is 11.7. The van der Waals surface area contributed by atoms with Gasteiger partial charge >= 0.3 is 0 Å². The molecule has 0 unspecified atom stereocenters. The number of carbonyl (C=O) groups excluding carboxylic acids is 1. The van der Waals surface area contributed by atoms with Crippen LogP contribution >= 0.6 is 22.9 Å². The summed E-state index contributed by atoms with van der Waals surface area (Å²) in [5.41, 5.74) is 5.44. The minimum absolute atomic E-state index is 0.330. The standard InChI is InChI=1S/C24H24ClN5O2S/c1-14(2)12-29-22(25)18(15(3)27-29)10-11-19(31)28-30-13-26-23-21(24(30)32)20(16(4)33-23)17-8-6-5-7-9-17/h5-11,13-14H,12H2,1-4H3,(H,28,31)/b11-10+. The van der Waals surface area contributed by atoms with E-state index >= 15 is 0 Å². The fourth-order valence-electron chi connectivity index (χ4n) is 3.67. The Hall–Kier alpha value is -3.23. The van der Waals surface area contributed by atoms with Crippen LogP contribution in [0.2, 0.25) is 5.15 Å². The van der Waals surface area contributed by atoms with Crippen molar-refractivity contribution in [3.63, 3.8) is 0 Å². The lowest BCUT2D eigenvalue weighted by atomic mass is 10.0. The average molecular weight is 482 g/mol. The molecule has 1 amide bonds. The number of nitrogens with one attached hydrogen (secondary N) is 1. The van der Waals surface area contributed by atoms with Gasteiger partial charge in [0.1, 0.15) is 16.3 Å². The van der Waals surface area contributed by atoms with Gasteiger partial charge in [0, 0.05) is 28.6 Å². The molecule has 0 bridgehead atoms. The minimum Gasteiger partial charge on any atom is -0.268 e. The molecule has 0 fully saturated rings. The summed E-state index contributed by atoms with van der Waals surface area (Å²) in [5, 5.41) is 5.41. The third-order valence-electron chi connectivity index (χ3n) is 5.13. The minimum atomic E-state index is -0.474. The molecule has 0 saturated heterocycles. The predicted octanol–water partition coefficient (Wildman–Crippen LogP) is 5.03. The number of hydrogen-bond donors (Lipinski definition) is 1. The van der Waals surface area contributed by atoms with E-state index in [9.17, 15) is 9.59 Å². The molecule has 170 valence electrons. The van der Waals surface area contributed by atoms with Gasteiger partial charge < -0.3 is 0 Å². The Labute approximate surface area is 200 Å². The van der Waals surface area contributed by atoms with Crippen LogP contribution in [0.1, 0.15) is 30.0 Å². The van der Waals surface area contributed by atoms with Crippen LogP contribution in [0.15, 0.2) is 47.5 Å². The first-order valence-corrected chi connectivity index (χ1v) is 11.7. The molecule has 4 aromatic rings.